The van der Waals surface area contributed by atoms with Gasteiger partial charge in [-0.05, 0) is 46.0 Å². The standard InChI is InChI=1S/C13H15BrN2O2S/c1-9-7-16(8-10(9)2)19(17,18)12-4-3-11(6-15)13(14)5-12/h3-5,9-10H,7-8H2,1-2H3. The summed E-state index contributed by atoms with van der Waals surface area (Å²) in [6.45, 7) is 5.24. The van der Waals surface area contributed by atoms with E-state index in [1.165, 1.54) is 22.5 Å². The molecule has 0 aromatic heterocycles. The zero-order chi connectivity index (χ0) is 14.2. The minimum Gasteiger partial charge on any atom is -0.207 e. The van der Waals surface area contributed by atoms with E-state index in [9.17, 15) is 8.42 Å². The van der Waals surface area contributed by atoms with Gasteiger partial charge < -0.3 is 0 Å². The van der Waals surface area contributed by atoms with Crippen LogP contribution >= 0.6 is 15.9 Å². The van der Waals surface area contributed by atoms with Gasteiger partial charge in [0.15, 0.2) is 0 Å². The third-order valence-electron chi connectivity index (χ3n) is 3.65. The lowest BCUT2D eigenvalue weighted by molar-refractivity contribution is 0.463. The predicted molar refractivity (Wildman–Crippen MR) is 75.9 cm³/mol. The molecule has 102 valence electrons. The van der Waals surface area contributed by atoms with E-state index in [0.717, 1.165) is 0 Å². The molecule has 0 aliphatic carbocycles. The quantitative estimate of drug-likeness (QED) is 0.829. The Kier molecular flexibility index (Phi) is 4.00. The van der Waals surface area contributed by atoms with Crippen LogP contribution in [0.1, 0.15) is 19.4 Å². The number of halogens is 1. The fourth-order valence-corrected chi connectivity index (χ4v) is 4.46. The highest BCUT2D eigenvalue weighted by Crippen LogP contribution is 2.29. The number of nitrogens with zero attached hydrogens (tertiary/aromatic N) is 2. The number of sulfonamides is 1. The predicted octanol–water partition coefficient (Wildman–Crippen LogP) is 2.60. The Morgan fingerprint density at radius 3 is 2.37 bits per heavy atom. The highest BCUT2D eigenvalue weighted by atomic mass is 79.9. The summed E-state index contributed by atoms with van der Waals surface area (Å²) in [4.78, 5) is 0.236. The lowest BCUT2D eigenvalue weighted by atomic mass is 10.0. The van der Waals surface area contributed by atoms with Crippen LogP contribution in [0.2, 0.25) is 0 Å². The van der Waals surface area contributed by atoms with Gasteiger partial charge in [0.25, 0.3) is 0 Å². The average Bonchev–Trinajstić information content (AvgIpc) is 2.70. The summed E-state index contributed by atoms with van der Waals surface area (Å²) < 4.78 is 27.0. The van der Waals surface area contributed by atoms with Gasteiger partial charge in [-0.2, -0.15) is 9.57 Å². The van der Waals surface area contributed by atoms with Crippen LogP contribution in [0.3, 0.4) is 0 Å². The van der Waals surface area contributed by atoms with E-state index < -0.39 is 10.0 Å². The lowest BCUT2D eigenvalue weighted by Crippen LogP contribution is -2.29. The van der Waals surface area contributed by atoms with Crippen molar-refractivity contribution < 1.29 is 8.42 Å². The van der Waals surface area contributed by atoms with Crippen LogP contribution in [0, 0.1) is 23.2 Å². The monoisotopic (exact) mass is 342 g/mol. The van der Waals surface area contributed by atoms with E-state index >= 15 is 0 Å². The molecule has 2 unspecified atom stereocenters. The molecule has 1 aromatic carbocycles. The second-order valence-electron chi connectivity index (χ2n) is 5.03. The van der Waals surface area contributed by atoms with Crippen LogP contribution < -0.4 is 0 Å². The minimum absolute atomic E-state index is 0.236. The van der Waals surface area contributed by atoms with Gasteiger partial charge in [0.2, 0.25) is 10.0 Å². The molecule has 1 saturated heterocycles. The van der Waals surface area contributed by atoms with Crippen molar-refractivity contribution >= 4 is 26.0 Å². The molecule has 0 N–H and O–H groups in total. The first kappa shape index (κ1) is 14.5. The van der Waals surface area contributed by atoms with Crippen LogP contribution in [0.4, 0.5) is 0 Å². The molecule has 1 heterocycles. The van der Waals surface area contributed by atoms with Gasteiger partial charge in [-0.1, -0.05) is 13.8 Å². The number of benzene rings is 1. The highest BCUT2D eigenvalue weighted by Gasteiger charge is 2.35. The summed E-state index contributed by atoms with van der Waals surface area (Å²) in [6, 6.07) is 6.52. The molecule has 1 aliphatic heterocycles. The fourth-order valence-electron chi connectivity index (χ4n) is 2.17. The largest absolute Gasteiger partial charge is 0.243 e. The van der Waals surface area contributed by atoms with Crippen molar-refractivity contribution in [3.63, 3.8) is 0 Å². The second kappa shape index (κ2) is 5.23. The first-order chi connectivity index (χ1) is 8.86. The van der Waals surface area contributed by atoms with Crippen molar-refractivity contribution in [2.24, 2.45) is 11.8 Å². The Labute approximate surface area is 122 Å². The number of hydrogen-bond donors (Lipinski definition) is 0. The Balaban J connectivity index is 2.36. The normalized spacial score (nSPS) is 24.3. The molecule has 0 bridgehead atoms. The van der Waals surface area contributed by atoms with E-state index in [0.29, 0.717) is 35.0 Å². The third kappa shape index (κ3) is 2.69. The Morgan fingerprint density at radius 1 is 1.32 bits per heavy atom. The molecule has 1 fully saturated rings. The Morgan fingerprint density at radius 2 is 1.89 bits per heavy atom. The maximum absolute atomic E-state index is 12.5. The van der Waals surface area contributed by atoms with Crippen molar-refractivity contribution in [3.8, 4) is 6.07 Å². The molecule has 6 heteroatoms. The molecule has 0 radical (unpaired) electrons. The topological polar surface area (TPSA) is 61.2 Å². The highest BCUT2D eigenvalue weighted by molar-refractivity contribution is 9.10. The van der Waals surface area contributed by atoms with E-state index in [4.69, 9.17) is 5.26 Å². The molecular formula is C13H15BrN2O2S. The maximum atomic E-state index is 12.5. The van der Waals surface area contributed by atoms with Crippen molar-refractivity contribution in [3.05, 3.63) is 28.2 Å². The first-order valence-electron chi connectivity index (χ1n) is 6.06. The first-order valence-corrected chi connectivity index (χ1v) is 8.29. The zero-order valence-corrected chi connectivity index (χ0v) is 13.2. The lowest BCUT2D eigenvalue weighted by Gasteiger charge is -2.16. The fraction of sp³-hybridized carbons (Fsp3) is 0.462. The molecule has 2 atom stereocenters. The average molecular weight is 343 g/mol. The minimum atomic E-state index is -3.46. The van der Waals surface area contributed by atoms with Gasteiger partial charge in [-0.25, -0.2) is 8.42 Å². The second-order valence-corrected chi connectivity index (χ2v) is 7.82. The van der Waals surface area contributed by atoms with E-state index in [-0.39, 0.29) is 4.90 Å². The summed E-state index contributed by atoms with van der Waals surface area (Å²) in [5.41, 5.74) is 0.433. The van der Waals surface area contributed by atoms with Crippen LogP contribution in [0.15, 0.2) is 27.6 Å². The molecular weight excluding hydrogens is 328 g/mol. The van der Waals surface area contributed by atoms with Crippen LogP contribution in [-0.4, -0.2) is 25.8 Å². The van der Waals surface area contributed by atoms with Crippen LogP contribution in [-0.2, 0) is 10.0 Å². The maximum Gasteiger partial charge on any atom is 0.243 e. The van der Waals surface area contributed by atoms with Crippen molar-refractivity contribution in [1.82, 2.24) is 4.31 Å². The molecule has 2 rings (SSSR count). The van der Waals surface area contributed by atoms with Gasteiger partial charge in [0, 0.05) is 17.6 Å². The van der Waals surface area contributed by atoms with Crippen molar-refractivity contribution in [2.45, 2.75) is 18.7 Å². The van der Waals surface area contributed by atoms with Gasteiger partial charge in [-0.3, -0.25) is 0 Å². The number of nitriles is 1. The molecule has 4 nitrogen and oxygen atoms in total. The van der Waals surface area contributed by atoms with E-state index in [1.54, 1.807) is 0 Å². The van der Waals surface area contributed by atoms with Crippen molar-refractivity contribution in [1.29, 1.82) is 5.26 Å². The van der Waals surface area contributed by atoms with E-state index in [1.807, 2.05) is 6.07 Å². The van der Waals surface area contributed by atoms with Crippen molar-refractivity contribution in [2.75, 3.05) is 13.1 Å². The summed E-state index contributed by atoms with van der Waals surface area (Å²) in [5, 5.41) is 8.85. The number of hydrogen-bond acceptors (Lipinski definition) is 3. The van der Waals surface area contributed by atoms with Gasteiger partial charge in [0.05, 0.1) is 10.5 Å². The van der Waals surface area contributed by atoms with Gasteiger partial charge in [0.1, 0.15) is 6.07 Å². The van der Waals surface area contributed by atoms with Gasteiger partial charge >= 0.3 is 0 Å². The Hall–Kier alpha value is -0.900. The number of rotatable bonds is 2. The smallest absolute Gasteiger partial charge is 0.207 e. The summed E-state index contributed by atoms with van der Waals surface area (Å²) in [6.07, 6.45) is 0. The Bertz CT molecular complexity index is 627. The van der Waals surface area contributed by atoms with Crippen LogP contribution in [0.25, 0.3) is 0 Å². The molecule has 0 saturated carbocycles. The molecule has 19 heavy (non-hydrogen) atoms. The molecule has 0 amide bonds. The molecule has 1 aromatic rings. The summed E-state index contributed by atoms with van der Waals surface area (Å²) in [5.74, 6) is 0.744. The van der Waals surface area contributed by atoms with Crippen LogP contribution in [0.5, 0.6) is 0 Å². The summed E-state index contributed by atoms with van der Waals surface area (Å²) in [7, 11) is -3.46. The van der Waals surface area contributed by atoms with Gasteiger partial charge in [-0.15, -0.1) is 0 Å². The zero-order valence-electron chi connectivity index (χ0n) is 10.8. The molecule has 0 spiro atoms. The molecule has 1 aliphatic rings. The summed E-state index contributed by atoms with van der Waals surface area (Å²) >= 11 is 3.23. The SMILES string of the molecule is CC1CN(S(=O)(=O)c2ccc(C#N)c(Br)c2)CC1C. The third-order valence-corrected chi connectivity index (χ3v) is 6.14. The van der Waals surface area contributed by atoms with E-state index in [2.05, 4.69) is 29.8 Å².